The van der Waals surface area contributed by atoms with Crippen LogP contribution in [0.15, 0.2) is 24.3 Å². The van der Waals surface area contributed by atoms with E-state index in [1.165, 1.54) is 0 Å². The molecular weight excluding hydrogens is 338 g/mol. The van der Waals surface area contributed by atoms with Crippen LogP contribution >= 0.6 is 0 Å². The Kier molecular flexibility index (Phi) is 8.49. The standard InChI is InChI=1S/C23H35NO3/c1-3-5-6-21(22(26)27-15-4-2)19-7-9-20(10-8-19)23(17-25)13-11-18(16-24)12-14-23/h7-10,17-18,21H,3-6,11-16,24H2,1-2H3. The highest BCUT2D eigenvalue weighted by atomic mass is 16.5. The van der Waals surface area contributed by atoms with Crippen LogP contribution in [-0.2, 0) is 19.7 Å². The highest BCUT2D eigenvalue weighted by Gasteiger charge is 2.36. The molecule has 0 saturated heterocycles. The summed E-state index contributed by atoms with van der Waals surface area (Å²) in [5.41, 5.74) is 7.45. The zero-order valence-corrected chi connectivity index (χ0v) is 16.9. The fraction of sp³-hybridized carbons (Fsp3) is 0.652. The van der Waals surface area contributed by atoms with E-state index in [1.54, 1.807) is 0 Å². The number of carbonyl (C=O) groups is 2. The number of benzene rings is 1. The van der Waals surface area contributed by atoms with Crippen LogP contribution in [0.5, 0.6) is 0 Å². The molecule has 0 amide bonds. The summed E-state index contributed by atoms with van der Waals surface area (Å²) >= 11 is 0. The van der Waals surface area contributed by atoms with Crippen LogP contribution in [0, 0.1) is 5.92 Å². The number of rotatable bonds is 10. The summed E-state index contributed by atoms with van der Waals surface area (Å²) in [6.07, 6.45) is 8.51. The highest BCUT2D eigenvalue weighted by Crippen LogP contribution is 2.40. The minimum Gasteiger partial charge on any atom is -0.465 e. The third kappa shape index (κ3) is 5.41. The molecule has 1 aromatic carbocycles. The minimum absolute atomic E-state index is 0.133. The SMILES string of the molecule is CCCCC(C(=O)OCCC)c1ccc(C2(C=O)CCC(CN)CC2)cc1. The summed E-state index contributed by atoms with van der Waals surface area (Å²) in [4.78, 5) is 24.5. The predicted octanol–water partition coefficient (Wildman–Crippen LogP) is 4.50. The Morgan fingerprint density at radius 3 is 2.41 bits per heavy atom. The molecule has 1 fully saturated rings. The van der Waals surface area contributed by atoms with Crippen molar-refractivity contribution in [1.29, 1.82) is 0 Å². The normalized spacial score (nSPS) is 23.6. The van der Waals surface area contributed by atoms with Gasteiger partial charge in [0, 0.05) is 0 Å². The molecule has 2 rings (SSSR count). The first-order chi connectivity index (χ1) is 13.1. The molecule has 4 nitrogen and oxygen atoms in total. The maximum atomic E-state index is 12.5. The second-order valence-electron chi connectivity index (χ2n) is 7.94. The topological polar surface area (TPSA) is 69.4 Å². The van der Waals surface area contributed by atoms with Crippen molar-refractivity contribution in [1.82, 2.24) is 0 Å². The first-order valence-corrected chi connectivity index (χ1v) is 10.5. The predicted molar refractivity (Wildman–Crippen MR) is 109 cm³/mol. The molecule has 150 valence electrons. The van der Waals surface area contributed by atoms with E-state index in [-0.39, 0.29) is 11.9 Å². The first kappa shape index (κ1) is 21.6. The lowest BCUT2D eigenvalue weighted by atomic mass is 9.67. The quantitative estimate of drug-likeness (QED) is 0.484. The first-order valence-electron chi connectivity index (χ1n) is 10.5. The molecule has 0 radical (unpaired) electrons. The van der Waals surface area contributed by atoms with Crippen molar-refractivity contribution >= 4 is 12.3 Å². The second kappa shape index (κ2) is 10.6. The van der Waals surface area contributed by atoms with Gasteiger partial charge < -0.3 is 15.3 Å². The number of nitrogens with two attached hydrogens (primary N) is 1. The van der Waals surface area contributed by atoms with Crippen LogP contribution in [0.3, 0.4) is 0 Å². The molecule has 2 N–H and O–H groups in total. The van der Waals surface area contributed by atoms with Gasteiger partial charge in [-0.15, -0.1) is 0 Å². The van der Waals surface area contributed by atoms with Gasteiger partial charge in [-0.2, -0.15) is 0 Å². The van der Waals surface area contributed by atoms with Crippen molar-refractivity contribution in [3.63, 3.8) is 0 Å². The molecule has 1 unspecified atom stereocenters. The Labute approximate surface area is 163 Å². The molecule has 0 aromatic heterocycles. The summed E-state index contributed by atoms with van der Waals surface area (Å²) in [7, 11) is 0. The minimum atomic E-state index is -0.397. The summed E-state index contributed by atoms with van der Waals surface area (Å²) in [6.45, 7) is 5.30. The van der Waals surface area contributed by atoms with Crippen molar-refractivity contribution in [3.05, 3.63) is 35.4 Å². The molecule has 0 aliphatic heterocycles. The van der Waals surface area contributed by atoms with Crippen LogP contribution in [-0.4, -0.2) is 25.4 Å². The van der Waals surface area contributed by atoms with Gasteiger partial charge in [0.15, 0.2) is 0 Å². The summed E-state index contributed by atoms with van der Waals surface area (Å²) in [5.74, 6) is 0.182. The lowest BCUT2D eigenvalue weighted by Gasteiger charge is -2.36. The van der Waals surface area contributed by atoms with Crippen LogP contribution in [0.1, 0.15) is 82.3 Å². The summed E-state index contributed by atoms with van der Waals surface area (Å²) in [6, 6.07) is 8.11. The molecule has 1 saturated carbocycles. The van der Waals surface area contributed by atoms with E-state index in [4.69, 9.17) is 10.5 Å². The van der Waals surface area contributed by atoms with Gasteiger partial charge in [-0.05, 0) is 62.1 Å². The average molecular weight is 374 g/mol. The Balaban J connectivity index is 2.17. The van der Waals surface area contributed by atoms with E-state index >= 15 is 0 Å². The zero-order chi connectivity index (χ0) is 19.7. The van der Waals surface area contributed by atoms with E-state index < -0.39 is 5.41 Å². The van der Waals surface area contributed by atoms with Crippen molar-refractivity contribution in [2.75, 3.05) is 13.2 Å². The van der Waals surface area contributed by atoms with E-state index in [9.17, 15) is 9.59 Å². The zero-order valence-electron chi connectivity index (χ0n) is 16.9. The largest absolute Gasteiger partial charge is 0.465 e. The maximum absolute atomic E-state index is 12.5. The third-order valence-electron chi connectivity index (χ3n) is 6.02. The van der Waals surface area contributed by atoms with Gasteiger partial charge in [0.2, 0.25) is 0 Å². The Morgan fingerprint density at radius 2 is 1.89 bits per heavy atom. The average Bonchev–Trinajstić information content (AvgIpc) is 2.73. The third-order valence-corrected chi connectivity index (χ3v) is 6.02. The van der Waals surface area contributed by atoms with Gasteiger partial charge >= 0.3 is 5.97 Å². The van der Waals surface area contributed by atoms with Gasteiger partial charge in [-0.25, -0.2) is 0 Å². The second-order valence-corrected chi connectivity index (χ2v) is 7.94. The maximum Gasteiger partial charge on any atom is 0.313 e. The Hall–Kier alpha value is -1.68. The lowest BCUT2D eigenvalue weighted by Crippen LogP contribution is -2.35. The number of unbranched alkanes of at least 4 members (excludes halogenated alkanes) is 1. The number of ether oxygens (including phenoxy) is 1. The fourth-order valence-electron chi connectivity index (χ4n) is 4.08. The monoisotopic (exact) mass is 373 g/mol. The highest BCUT2D eigenvalue weighted by molar-refractivity contribution is 5.78. The van der Waals surface area contributed by atoms with E-state index in [2.05, 4.69) is 6.92 Å². The Bertz CT molecular complexity index is 588. The molecule has 0 spiro atoms. The number of hydrogen-bond acceptors (Lipinski definition) is 4. The lowest BCUT2D eigenvalue weighted by molar-refractivity contribution is -0.145. The number of esters is 1. The Morgan fingerprint density at radius 1 is 1.22 bits per heavy atom. The molecule has 0 heterocycles. The van der Waals surface area contributed by atoms with Gasteiger partial charge in [-0.3, -0.25) is 4.79 Å². The van der Waals surface area contributed by atoms with Crippen LogP contribution in [0.25, 0.3) is 0 Å². The number of aldehydes is 1. The molecule has 4 heteroatoms. The van der Waals surface area contributed by atoms with Crippen LogP contribution in [0.2, 0.25) is 0 Å². The molecule has 0 bridgehead atoms. The molecule has 1 atom stereocenters. The molecular formula is C23H35NO3. The summed E-state index contributed by atoms with van der Waals surface area (Å²) < 4.78 is 5.41. The van der Waals surface area contributed by atoms with Crippen LogP contribution in [0.4, 0.5) is 0 Å². The van der Waals surface area contributed by atoms with E-state index in [1.807, 2.05) is 31.2 Å². The molecule has 27 heavy (non-hydrogen) atoms. The number of carbonyl (C=O) groups excluding carboxylic acids is 2. The van der Waals surface area contributed by atoms with Gasteiger partial charge in [-0.1, -0.05) is 51.0 Å². The van der Waals surface area contributed by atoms with Crippen molar-refractivity contribution in [3.8, 4) is 0 Å². The molecule has 1 aliphatic carbocycles. The van der Waals surface area contributed by atoms with Crippen molar-refractivity contribution in [2.45, 2.75) is 76.5 Å². The van der Waals surface area contributed by atoms with Gasteiger partial charge in [0.05, 0.1) is 17.9 Å². The molecule has 1 aliphatic rings. The van der Waals surface area contributed by atoms with Gasteiger partial charge in [0.25, 0.3) is 0 Å². The molecule has 1 aromatic rings. The summed E-state index contributed by atoms with van der Waals surface area (Å²) in [5, 5.41) is 0. The van der Waals surface area contributed by atoms with Crippen molar-refractivity contribution < 1.29 is 14.3 Å². The smallest absolute Gasteiger partial charge is 0.313 e. The van der Waals surface area contributed by atoms with E-state index in [0.717, 1.165) is 68.8 Å². The van der Waals surface area contributed by atoms with Crippen molar-refractivity contribution in [2.24, 2.45) is 11.7 Å². The fourth-order valence-corrected chi connectivity index (χ4v) is 4.08. The van der Waals surface area contributed by atoms with Gasteiger partial charge in [0.1, 0.15) is 6.29 Å². The number of hydrogen-bond donors (Lipinski definition) is 1. The van der Waals surface area contributed by atoms with E-state index in [0.29, 0.717) is 19.1 Å². The van der Waals surface area contributed by atoms with Crippen LogP contribution < -0.4 is 5.73 Å².